The molecule has 0 aliphatic carbocycles. The van der Waals surface area contributed by atoms with E-state index in [1.54, 1.807) is 0 Å². The molecule has 0 amide bonds. The molecule has 0 heterocycles. The Bertz CT molecular complexity index is 326. The van der Waals surface area contributed by atoms with Crippen molar-refractivity contribution in [3.63, 3.8) is 0 Å². The monoisotopic (exact) mass is 248 g/mol. The second-order valence-corrected chi connectivity index (χ2v) is 4.80. The van der Waals surface area contributed by atoms with Gasteiger partial charge < -0.3 is 4.74 Å². The Morgan fingerprint density at radius 3 is 2.39 bits per heavy atom. The van der Waals surface area contributed by atoms with Crippen LogP contribution in [0.1, 0.15) is 47.5 Å². The average molecular weight is 248 g/mol. The molecule has 0 saturated carbocycles. The number of allylic oxidation sites excluding steroid dienone is 7. The highest BCUT2D eigenvalue weighted by atomic mass is 16.5. The minimum Gasteiger partial charge on any atom is -0.378 e. The lowest BCUT2D eigenvalue weighted by molar-refractivity contribution is 0.177. The Hall–Kier alpha value is -1.08. The van der Waals surface area contributed by atoms with E-state index in [4.69, 9.17) is 4.74 Å². The summed E-state index contributed by atoms with van der Waals surface area (Å²) in [6, 6.07) is 0. The van der Waals surface area contributed by atoms with Crippen molar-refractivity contribution in [3.8, 4) is 0 Å². The molecule has 0 rings (SSSR count). The first-order chi connectivity index (χ1) is 8.56. The van der Waals surface area contributed by atoms with Crippen molar-refractivity contribution in [2.24, 2.45) is 0 Å². The molecule has 0 unspecified atom stereocenters. The van der Waals surface area contributed by atoms with Gasteiger partial charge in [-0.3, -0.25) is 0 Å². The first-order valence-corrected chi connectivity index (χ1v) is 6.78. The predicted molar refractivity (Wildman–Crippen MR) is 81.8 cm³/mol. The molecule has 0 fully saturated rings. The standard InChI is InChI=1S/C17H28O/c1-6-18-14-13-17(5)12-8-11-16(4)10-7-9-15(2)3/h8-9,11-13H,6-7,10,14H2,1-5H3/b12-8+,16-11+,17-13+. The van der Waals surface area contributed by atoms with Crippen molar-refractivity contribution in [1.29, 1.82) is 0 Å². The summed E-state index contributed by atoms with van der Waals surface area (Å²) in [6.45, 7) is 12.1. The van der Waals surface area contributed by atoms with Gasteiger partial charge in [-0.05, 0) is 47.5 Å². The van der Waals surface area contributed by atoms with Crippen LogP contribution in [0, 0.1) is 0 Å². The molecule has 0 aromatic carbocycles. The van der Waals surface area contributed by atoms with Crippen molar-refractivity contribution in [3.05, 3.63) is 47.1 Å². The molecule has 0 bridgehead atoms. The van der Waals surface area contributed by atoms with Crippen molar-refractivity contribution in [2.45, 2.75) is 47.5 Å². The third kappa shape index (κ3) is 11.4. The van der Waals surface area contributed by atoms with Crippen LogP contribution in [0.3, 0.4) is 0 Å². The van der Waals surface area contributed by atoms with Gasteiger partial charge in [0.05, 0.1) is 6.61 Å². The third-order valence-electron chi connectivity index (χ3n) is 2.56. The van der Waals surface area contributed by atoms with E-state index in [0.29, 0.717) is 6.61 Å². The molecular formula is C17H28O. The van der Waals surface area contributed by atoms with Gasteiger partial charge in [0.1, 0.15) is 0 Å². The summed E-state index contributed by atoms with van der Waals surface area (Å²) >= 11 is 0. The Morgan fingerprint density at radius 1 is 1.06 bits per heavy atom. The highest BCUT2D eigenvalue weighted by Gasteiger charge is 1.87. The fourth-order valence-electron chi connectivity index (χ4n) is 1.41. The number of rotatable bonds is 8. The SMILES string of the molecule is CCOC/C=C(C)/C=C/C=C(\C)CCC=C(C)C. The molecule has 102 valence electrons. The lowest BCUT2D eigenvalue weighted by Gasteiger charge is -1.97. The highest BCUT2D eigenvalue weighted by Crippen LogP contribution is 2.07. The maximum atomic E-state index is 5.27. The summed E-state index contributed by atoms with van der Waals surface area (Å²) < 4.78 is 5.27. The molecule has 0 aliphatic rings. The lowest BCUT2D eigenvalue weighted by Crippen LogP contribution is -1.89. The molecule has 0 atom stereocenters. The summed E-state index contributed by atoms with van der Waals surface area (Å²) in [5, 5.41) is 0. The van der Waals surface area contributed by atoms with E-state index in [-0.39, 0.29) is 0 Å². The van der Waals surface area contributed by atoms with Gasteiger partial charge in [0.25, 0.3) is 0 Å². The van der Waals surface area contributed by atoms with E-state index in [9.17, 15) is 0 Å². The van der Waals surface area contributed by atoms with Gasteiger partial charge in [0.2, 0.25) is 0 Å². The fraction of sp³-hybridized carbons (Fsp3) is 0.529. The molecule has 0 aliphatic heterocycles. The van der Waals surface area contributed by atoms with Crippen molar-refractivity contribution < 1.29 is 4.74 Å². The molecule has 0 aromatic heterocycles. The maximum Gasteiger partial charge on any atom is 0.0652 e. The molecule has 1 heteroatoms. The van der Waals surface area contributed by atoms with E-state index in [1.165, 1.54) is 16.7 Å². The zero-order valence-corrected chi connectivity index (χ0v) is 12.6. The van der Waals surface area contributed by atoms with Crippen LogP contribution >= 0.6 is 0 Å². The van der Waals surface area contributed by atoms with Gasteiger partial charge in [0, 0.05) is 6.61 Å². The van der Waals surface area contributed by atoms with Gasteiger partial charge in [-0.2, -0.15) is 0 Å². The van der Waals surface area contributed by atoms with Crippen molar-refractivity contribution in [1.82, 2.24) is 0 Å². The average Bonchev–Trinajstić information content (AvgIpc) is 2.29. The number of ether oxygens (including phenoxy) is 1. The van der Waals surface area contributed by atoms with Gasteiger partial charge in [-0.15, -0.1) is 0 Å². The Kier molecular flexibility index (Phi) is 10.4. The smallest absolute Gasteiger partial charge is 0.0652 e. The van der Waals surface area contributed by atoms with Crippen LogP contribution in [0.4, 0.5) is 0 Å². The predicted octanol–water partition coefficient (Wildman–Crippen LogP) is 5.22. The summed E-state index contributed by atoms with van der Waals surface area (Å²) in [6.07, 6.45) is 13.1. The minimum atomic E-state index is 0.704. The molecule has 0 spiro atoms. The minimum absolute atomic E-state index is 0.704. The van der Waals surface area contributed by atoms with E-state index < -0.39 is 0 Å². The quantitative estimate of drug-likeness (QED) is 0.325. The number of hydrogen-bond acceptors (Lipinski definition) is 1. The van der Waals surface area contributed by atoms with Gasteiger partial charge in [-0.25, -0.2) is 0 Å². The van der Waals surface area contributed by atoms with E-state index in [1.807, 2.05) is 6.92 Å². The molecule has 0 aromatic rings. The van der Waals surface area contributed by atoms with Crippen LogP contribution in [0.15, 0.2) is 47.1 Å². The normalized spacial score (nSPS) is 13.2. The van der Waals surface area contributed by atoms with Crippen molar-refractivity contribution in [2.75, 3.05) is 13.2 Å². The van der Waals surface area contributed by atoms with Crippen LogP contribution in [0.25, 0.3) is 0 Å². The second kappa shape index (κ2) is 11.0. The lowest BCUT2D eigenvalue weighted by atomic mass is 10.1. The fourth-order valence-corrected chi connectivity index (χ4v) is 1.41. The summed E-state index contributed by atoms with van der Waals surface area (Å²) in [4.78, 5) is 0. The van der Waals surface area contributed by atoms with Crippen LogP contribution in [-0.2, 0) is 4.74 Å². The van der Waals surface area contributed by atoms with Gasteiger partial charge >= 0.3 is 0 Å². The first-order valence-electron chi connectivity index (χ1n) is 6.78. The van der Waals surface area contributed by atoms with Crippen LogP contribution in [0.5, 0.6) is 0 Å². The molecule has 1 nitrogen and oxygen atoms in total. The van der Waals surface area contributed by atoms with Gasteiger partial charge in [-0.1, -0.05) is 47.1 Å². The zero-order chi connectivity index (χ0) is 13.8. The zero-order valence-electron chi connectivity index (χ0n) is 12.6. The highest BCUT2D eigenvalue weighted by molar-refractivity contribution is 5.22. The summed E-state index contributed by atoms with van der Waals surface area (Å²) in [7, 11) is 0. The topological polar surface area (TPSA) is 9.23 Å². The molecule has 0 radical (unpaired) electrons. The Morgan fingerprint density at radius 2 is 1.78 bits per heavy atom. The van der Waals surface area contributed by atoms with Gasteiger partial charge in [0.15, 0.2) is 0 Å². The Labute approximate surface area is 113 Å². The number of hydrogen-bond donors (Lipinski definition) is 0. The second-order valence-electron chi connectivity index (χ2n) is 4.80. The third-order valence-corrected chi connectivity index (χ3v) is 2.56. The van der Waals surface area contributed by atoms with Crippen LogP contribution < -0.4 is 0 Å². The largest absolute Gasteiger partial charge is 0.378 e. The van der Waals surface area contributed by atoms with Crippen LogP contribution in [-0.4, -0.2) is 13.2 Å². The molecule has 18 heavy (non-hydrogen) atoms. The van der Waals surface area contributed by atoms with E-state index >= 15 is 0 Å². The van der Waals surface area contributed by atoms with Crippen molar-refractivity contribution >= 4 is 0 Å². The summed E-state index contributed by atoms with van der Waals surface area (Å²) in [5.74, 6) is 0. The first kappa shape index (κ1) is 16.9. The summed E-state index contributed by atoms with van der Waals surface area (Å²) in [5.41, 5.74) is 4.06. The molecule has 0 N–H and O–H groups in total. The maximum absolute atomic E-state index is 5.27. The van der Waals surface area contributed by atoms with Crippen LogP contribution in [0.2, 0.25) is 0 Å². The molecular weight excluding hydrogens is 220 g/mol. The van der Waals surface area contributed by atoms with E-state index in [2.05, 4.69) is 58.1 Å². The van der Waals surface area contributed by atoms with E-state index in [0.717, 1.165) is 19.4 Å². The Balaban J connectivity index is 4.03. The molecule has 0 saturated heterocycles.